The second-order valence-corrected chi connectivity index (χ2v) is 11.1. The van der Waals surface area contributed by atoms with E-state index in [1.807, 2.05) is 6.07 Å². The fraction of sp³-hybridized carbons (Fsp3) is 0.303. The van der Waals surface area contributed by atoms with Crippen molar-refractivity contribution in [3.8, 4) is 11.8 Å². The van der Waals surface area contributed by atoms with E-state index in [1.165, 1.54) is 53.9 Å². The van der Waals surface area contributed by atoms with Crippen molar-refractivity contribution in [2.24, 2.45) is 5.92 Å². The number of fused-ring (bicyclic) bond motifs is 1. The molecule has 46 heavy (non-hydrogen) atoms. The van der Waals surface area contributed by atoms with E-state index in [1.54, 1.807) is 37.3 Å². The number of para-hydroxylation sites is 1. The number of allylic oxidation sites excluding steroid dienone is 2. The van der Waals surface area contributed by atoms with Crippen LogP contribution in [0.15, 0.2) is 77.9 Å². The predicted octanol–water partition coefficient (Wildman–Crippen LogP) is 5.05. The second kappa shape index (κ2) is 12.6. The average molecular weight is 635 g/mol. The number of nitrogens with zero attached hydrogens (tertiary/aromatic N) is 5. The molecule has 2 aliphatic rings. The molecule has 3 aromatic rings. The summed E-state index contributed by atoms with van der Waals surface area (Å²) in [6.07, 6.45) is -2.52. The number of aromatic nitrogens is 2. The highest BCUT2D eigenvalue weighted by Gasteiger charge is 2.48. The van der Waals surface area contributed by atoms with Crippen molar-refractivity contribution < 1.29 is 31.9 Å². The van der Waals surface area contributed by atoms with Crippen LogP contribution in [0.25, 0.3) is 5.69 Å². The smallest absolute Gasteiger partial charge is 0.339 e. The first kappa shape index (κ1) is 32.2. The molecule has 0 spiro atoms. The van der Waals surface area contributed by atoms with Gasteiger partial charge >= 0.3 is 6.18 Å². The fourth-order valence-corrected chi connectivity index (χ4v) is 5.84. The van der Waals surface area contributed by atoms with Crippen LogP contribution in [0.1, 0.15) is 47.8 Å². The van der Waals surface area contributed by atoms with Gasteiger partial charge in [-0.15, -0.1) is 0 Å². The zero-order chi connectivity index (χ0) is 33.3. The summed E-state index contributed by atoms with van der Waals surface area (Å²) < 4.78 is 56.7. The van der Waals surface area contributed by atoms with E-state index >= 15 is 0 Å². The minimum Gasteiger partial charge on any atom is -0.339 e. The van der Waals surface area contributed by atoms with E-state index in [0.717, 1.165) is 11.0 Å². The lowest BCUT2D eigenvalue weighted by Crippen LogP contribution is -2.56. The standard InChI is InChI=1S/C33H30F4N6O3/c1-4-42-30-26(28(31(45)41(3)17-16-38)40-43(30)23-8-6-5-7-9-23)25(20-12-14-22(34)15-13-20)27(32(42)46)39-29(44)21-11-10-19(2)24(18-21)33(35,36)37/h5-9,11-15,18-19,25,27H,4,10,17H2,1-3H3,(H,39,44)/t19?,25-,27-/m0/s1. The Labute approximate surface area is 262 Å². The van der Waals surface area contributed by atoms with Gasteiger partial charge in [-0.3, -0.25) is 19.3 Å². The number of carbonyl (C=O) groups excluding carboxylic acids is 3. The molecular formula is C33H30F4N6O3. The molecule has 1 aliphatic heterocycles. The number of hydrogen-bond donors (Lipinski definition) is 1. The first-order valence-corrected chi connectivity index (χ1v) is 14.5. The average Bonchev–Trinajstić information content (AvgIpc) is 3.41. The van der Waals surface area contributed by atoms with Crippen LogP contribution < -0.4 is 10.2 Å². The maximum Gasteiger partial charge on any atom is 0.412 e. The minimum absolute atomic E-state index is 0.0347. The molecule has 0 radical (unpaired) electrons. The number of carbonyl (C=O) groups is 3. The number of likely N-dealkylation sites (N-methyl/N-ethyl adjacent to an activating group) is 1. The highest BCUT2D eigenvalue weighted by atomic mass is 19.4. The van der Waals surface area contributed by atoms with Gasteiger partial charge in [-0.25, -0.2) is 9.07 Å². The van der Waals surface area contributed by atoms with Crippen molar-refractivity contribution in [2.45, 2.75) is 38.4 Å². The number of halogens is 4. The van der Waals surface area contributed by atoms with Crippen molar-refractivity contribution >= 4 is 23.5 Å². The Morgan fingerprint density at radius 1 is 1.13 bits per heavy atom. The van der Waals surface area contributed by atoms with Gasteiger partial charge < -0.3 is 10.2 Å². The molecule has 0 saturated heterocycles. The van der Waals surface area contributed by atoms with Crippen LogP contribution >= 0.6 is 0 Å². The molecule has 1 aliphatic carbocycles. The first-order chi connectivity index (χ1) is 21.9. The van der Waals surface area contributed by atoms with Gasteiger partial charge in [-0.2, -0.15) is 23.5 Å². The predicted molar refractivity (Wildman–Crippen MR) is 160 cm³/mol. The van der Waals surface area contributed by atoms with Crippen LogP contribution in [-0.2, 0) is 9.59 Å². The zero-order valence-electron chi connectivity index (χ0n) is 25.2. The highest BCUT2D eigenvalue weighted by molar-refractivity contribution is 6.08. The Bertz CT molecular complexity index is 1770. The topological polar surface area (TPSA) is 111 Å². The van der Waals surface area contributed by atoms with Crippen molar-refractivity contribution in [3.05, 3.63) is 101 Å². The highest BCUT2D eigenvalue weighted by Crippen LogP contribution is 2.44. The summed E-state index contributed by atoms with van der Waals surface area (Å²) in [5.74, 6) is -4.48. The molecule has 3 atom stereocenters. The van der Waals surface area contributed by atoms with Crippen LogP contribution in [-0.4, -0.2) is 64.8 Å². The van der Waals surface area contributed by atoms with E-state index in [-0.39, 0.29) is 42.2 Å². The van der Waals surface area contributed by atoms with Gasteiger partial charge in [0, 0.05) is 36.2 Å². The Balaban J connectivity index is 1.72. The fourth-order valence-electron chi connectivity index (χ4n) is 5.84. The third-order valence-corrected chi connectivity index (χ3v) is 8.14. The van der Waals surface area contributed by atoms with Gasteiger partial charge in [-0.05, 0) is 55.2 Å². The van der Waals surface area contributed by atoms with Crippen molar-refractivity contribution in [1.29, 1.82) is 5.26 Å². The Morgan fingerprint density at radius 3 is 2.41 bits per heavy atom. The van der Waals surface area contributed by atoms with E-state index in [9.17, 15) is 37.2 Å². The lowest BCUT2D eigenvalue weighted by atomic mass is 9.80. The summed E-state index contributed by atoms with van der Waals surface area (Å²) in [6, 6.07) is 14.4. The number of nitrogens with one attached hydrogen (secondary N) is 1. The number of rotatable bonds is 7. The molecule has 3 amide bonds. The number of nitriles is 1. The SMILES string of the molecule is CCN1C(=O)[C@@H](NC(=O)C2=CCC(C)C(C(F)(F)F)=C2)[C@@H](c2ccc(F)cc2)c2c(C(=O)N(C)CC#N)nn(-c3ccccc3)c21. The number of anilines is 1. The molecule has 1 unspecified atom stereocenters. The largest absolute Gasteiger partial charge is 0.412 e. The maximum absolute atomic E-state index is 14.3. The molecule has 2 heterocycles. The summed E-state index contributed by atoms with van der Waals surface area (Å²) in [4.78, 5) is 44.2. The van der Waals surface area contributed by atoms with E-state index in [4.69, 9.17) is 0 Å². The van der Waals surface area contributed by atoms with Crippen molar-refractivity contribution in [1.82, 2.24) is 20.0 Å². The molecule has 13 heteroatoms. The summed E-state index contributed by atoms with van der Waals surface area (Å²) in [6.45, 7) is 2.90. The Kier molecular flexibility index (Phi) is 8.83. The molecule has 0 bridgehead atoms. The molecular weight excluding hydrogens is 604 g/mol. The Hall–Kier alpha value is -5.25. The Morgan fingerprint density at radius 2 is 1.80 bits per heavy atom. The monoisotopic (exact) mass is 634 g/mol. The number of alkyl halides is 3. The first-order valence-electron chi connectivity index (χ1n) is 14.5. The molecule has 0 fully saturated rings. The van der Waals surface area contributed by atoms with Crippen LogP contribution in [0, 0.1) is 23.1 Å². The summed E-state index contributed by atoms with van der Waals surface area (Å²) in [7, 11) is 1.42. The van der Waals surface area contributed by atoms with Crippen molar-refractivity contribution in [2.75, 3.05) is 25.0 Å². The van der Waals surface area contributed by atoms with E-state index < -0.39 is 53.2 Å². The minimum atomic E-state index is -4.65. The molecule has 0 saturated carbocycles. The molecule has 9 nitrogen and oxygen atoms in total. The summed E-state index contributed by atoms with van der Waals surface area (Å²) in [5, 5.41) is 16.6. The van der Waals surface area contributed by atoms with Crippen LogP contribution in [0.3, 0.4) is 0 Å². The number of benzene rings is 2. The summed E-state index contributed by atoms with van der Waals surface area (Å²) >= 11 is 0. The van der Waals surface area contributed by atoms with Crippen LogP contribution in [0.5, 0.6) is 0 Å². The van der Waals surface area contributed by atoms with Gasteiger partial charge in [0.1, 0.15) is 24.2 Å². The van der Waals surface area contributed by atoms with E-state index in [0.29, 0.717) is 11.3 Å². The van der Waals surface area contributed by atoms with E-state index in [2.05, 4.69) is 10.4 Å². The molecule has 1 aromatic heterocycles. The molecule has 1 N–H and O–H groups in total. The lowest BCUT2D eigenvalue weighted by Gasteiger charge is -2.38. The third kappa shape index (κ3) is 5.90. The number of amides is 3. The normalized spacial score (nSPS) is 19.5. The summed E-state index contributed by atoms with van der Waals surface area (Å²) in [5.41, 5.74) is -0.135. The van der Waals surface area contributed by atoms with Gasteiger partial charge in [0.05, 0.1) is 11.8 Å². The van der Waals surface area contributed by atoms with Gasteiger partial charge in [-0.1, -0.05) is 43.3 Å². The third-order valence-electron chi connectivity index (χ3n) is 8.14. The lowest BCUT2D eigenvalue weighted by molar-refractivity contribution is -0.126. The van der Waals surface area contributed by atoms with Gasteiger partial charge in [0.25, 0.3) is 17.7 Å². The van der Waals surface area contributed by atoms with Crippen LogP contribution in [0.4, 0.5) is 23.4 Å². The van der Waals surface area contributed by atoms with Crippen molar-refractivity contribution in [3.63, 3.8) is 0 Å². The maximum atomic E-state index is 14.3. The second-order valence-electron chi connectivity index (χ2n) is 11.1. The number of hydrogen-bond acceptors (Lipinski definition) is 5. The molecule has 2 aromatic carbocycles. The molecule has 238 valence electrons. The van der Waals surface area contributed by atoms with Gasteiger partial charge in [0.2, 0.25) is 0 Å². The quantitative estimate of drug-likeness (QED) is 0.289. The molecule has 5 rings (SSSR count). The van der Waals surface area contributed by atoms with Gasteiger partial charge in [0.15, 0.2) is 5.69 Å². The van der Waals surface area contributed by atoms with Crippen LogP contribution in [0.2, 0.25) is 0 Å². The zero-order valence-corrected chi connectivity index (χ0v) is 25.2.